The fraction of sp³-hybridized carbons (Fsp3) is 1.00. The second-order valence-corrected chi connectivity index (χ2v) is 7.48. The highest BCUT2D eigenvalue weighted by Gasteiger charge is 2.31. The highest BCUT2D eigenvalue weighted by molar-refractivity contribution is 7.91. The molecule has 0 aliphatic heterocycles. The molecule has 0 amide bonds. The molecule has 1 fully saturated rings. The van der Waals surface area contributed by atoms with Crippen molar-refractivity contribution >= 4 is 21.4 Å². The average molecular weight is 269 g/mol. The molecule has 0 spiro atoms. The van der Waals surface area contributed by atoms with Gasteiger partial charge in [0.25, 0.3) is 0 Å². The predicted molar refractivity (Wildman–Crippen MR) is 66.6 cm³/mol. The zero-order valence-electron chi connectivity index (χ0n) is 9.73. The molecule has 1 aliphatic carbocycles. The molecule has 1 aliphatic rings. The summed E-state index contributed by atoms with van der Waals surface area (Å²) in [7, 11) is -2.95. The van der Waals surface area contributed by atoms with Crippen LogP contribution in [0.1, 0.15) is 38.5 Å². The Balaban J connectivity index is 2.50. The molecule has 0 aromatic heterocycles. The number of hydrogen-bond acceptors (Lipinski definition) is 3. The largest absolute Gasteiger partial charge is 0.393 e. The van der Waals surface area contributed by atoms with Crippen LogP contribution in [0.4, 0.5) is 0 Å². The zero-order chi connectivity index (χ0) is 12.2. The number of hydrogen-bond donors (Lipinski definition) is 1. The molecule has 16 heavy (non-hydrogen) atoms. The van der Waals surface area contributed by atoms with Gasteiger partial charge in [0.15, 0.2) is 0 Å². The maximum Gasteiger partial charge on any atom is 0.150 e. The Bertz CT molecular complexity index is 302. The fourth-order valence-electron chi connectivity index (χ4n) is 2.44. The van der Waals surface area contributed by atoms with Crippen molar-refractivity contribution in [2.45, 2.75) is 49.9 Å². The van der Waals surface area contributed by atoms with E-state index < -0.39 is 9.84 Å². The molecule has 5 heteroatoms. The smallest absolute Gasteiger partial charge is 0.150 e. The first-order valence-electron chi connectivity index (χ1n) is 5.88. The van der Waals surface area contributed by atoms with E-state index in [1.807, 2.05) is 0 Å². The van der Waals surface area contributed by atoms with Gasteiger partial charge in [-0.1, -0.05) is 6.42 Å². The van der Waals surface area contributed by atoms with Gasteiger partial charge in [-0.3, -0.25) is 0 Å². The van der Waals surface area contributed by atoms with Crippen molar-refractivity contribution in [3.63, 3.8) is 0 Å². The Hall–Kier alpha value is 0.200. The van der Waals surface area contributed by atoms with Crippen LogP contribution in [0.25, 0.3) is 0 Å². The Labute approximate surface area is 103 Å². The lowest BCUT2D eigenvalue weighted by Gasteiger charge is -2.31. The first-order chi connectivity index (χ1) is 7.45. The van der Waals surface area contributed by atoms with Gasteiger partial charge in [-0.2, -0.15) is 0 Å². The van der Waals surface area contributed by atoms with Crippen LogP contribution in [0.3, 0.4) is 0 Å². The maximum absolute atomic E-state index is 11.5. The minimum absolute atomic E-state index is 0.136. The zero-order valence-corrected chi connectivity index (χ0v) is 11.3. The summed E-state index contributed by atoms with van der Waals surface area (Å²) in [4.78, 5) is 0. The van der Waals surface area contributed by atoms with E-state index in [1.165, 1.54) is 6.26 Å². The summed E-state index contributed by atoms with van der Waals surface area (Å²) in [6.07, 6.45) is 5.59. The lowest BCUT2D eigenvalue weighted by molar-refractivity contribution is 0.0776. The molecule has 96 valence electrons. The number of aliphatic hydroxyl groups excluding tert-OH is 1. The van der Waals surface area contributed by atoms with Crippen LogP contribution in [0.15, 0.2) is 0 Å². The Kier molecular flexibility index (Phi) is 5.54. The van der Waals surface area contributed by atoms with Crippen molar-refractivity contribution in [1.82, 2.24) is 0 Å². The monoisotopic (exact) mass is 268 g/mol. The van der Waals surface area contributed by atoms with Gasteiger partial charge >= 0.3 is 0 Å². The third-order valence-corrected chi connectivity index (χ3v) is 5.36. The summed E-state index contributed by atoms with van der Waals surface area (Å²) in [5.41, 5.74) is 0. The summed E-state index contributed by atoms with van der Waals surface area (Å²) >= 11 is 5.58. The van der Waals surface area contributed by atoms with Gasteiger partial charge in [0, 0.05) is 12.1 Å². The number of rotatable bonds is 5. The molecule has 3 atom stereocenters. The first-order valence-corrected chi connectivity index (χ1v) is 8.37. The lowest BCUT2D eigenvalue weighted by Crippen LogP contribution is -2.33. The summed E-state index contributed by atoms with van der Waals surface area (Å²) < 4.78 is 22.9. The Morgan fingerprint density at radius 2 is 2.12 bits per heavy atom. The fourth-order valence-corrected chi connectivity index (χ4v) is 3.79. The van der Waals surface area contributed by atoms with Gasteiger partial charge in [0.05, 0.1) is 11.4 Å². The van der Waals surface area contributed by atoms with E-state index in [1.54, 1.807) is 0 Å². The molecule has 0 saturated heterocycles. The molecular formula is C11H21ClO3S. The normalized spacial score (nSPS) is 28.9. The second-order valence-electron chi connectivity index (χ2n) is 4.78. The van der Waals surface area contributed by atoms with E-state index in [2.05, 4.69) is 0 Å². The maximum atomic E-state index is 11.5. The van der Waals surface area contributed by atoms with Gasteiger partial charge in [0.1, 0.15) is 9.84 Å². The molecule has 0 heterocycles. The van der Waals surface area contributed by atoms with Gasteiger partial charge in [-0.15, -0.1) is 11.6 Å². The molecule has 3 nitrogen and oxygen atoms in total. The van der Waals surface area contributed by atoms with Crippen molar-refractivity contribution in [3.05, 3.63) is 0 Å². The minimum Gasteiger partial charge on any atom is -0.393 e. The SMILES string of the molecule is CS(=O)(=O)C1CCCC(C(O)CCCCl)C1. The van der Waals surface area contributed by atoms with E-state index in [9.17, 15) is 13.5 Å². The number of sulfone groups is 1. The highest BCUT2D eigenvalue weighted by atomic mass is 35.5. The molecule has 1 rings (SSSR count). The van der Waals surface area contributed by atoms with Crippen molar-refractivity contribution < 1.29 is 13.5 Å². The van der Waals surface area contributed by atoms with E-state index in [0.29, 0.717) is 18.7 Å². The van der Waals surface area contributed by atoms with Crippen LogP contribution >= 0.6 is 11.6 Å². The summed E-state index contributed by atoms with van der Waals surface area (Å²) in [5, 5.41) is 9.68. The third-order valence-electron chi connectivity index (χ3n) is 3.45. The summed E-state index contributed by atoms with van der Waals surface area (Å²) in [5.74, 6) is 0.691. The van der Waals surface area contributed by atoms with Crippen LogP contribution < -0.4 is 0 Å². The van der Waals surface area contributed by atoms with Crippen LogP contribution in [0, 0.1) is 5.92 Å². The topological polar surface area (TPSA) is 54.4 Å². The lowest BCUT2D eigenvalue weighted by atomic mass is 9.83. The molecular weight excluding hydrogens is 248 g/mol. The average Bonchev–Trinajstić information content (AvgIpc) is 2.25. The van der Waals surface area contributed by atoms with Crippen molar-refractivity contribution in [2.75, 3.05) is 12.1 Å². The standard InChI is InChI=1S/C11H21ClO3S/c1-16(14,15)10-5-2-4-9(8-10)11(13)6-3-7-12/h9-11,13H,2-8H2,1H3. The second kappa shape index (κ2) is 6.22. The third kappa shape index (κ3) is 4.22. The van der Waals surface area contributed by atoms with Gasteiger partial charge in [0.2, 0.25) is 0 Å². The van der Waals surface area contributed by atoms with Crippen LogP contribution in [0.5, 0.6) is 0 Å². The van der Waals surface area contributed by atoms with E-state index in [0.717, 1.165) is 25.7 Å². The predicted octanol–water partition coefficient (Wildman–Crippen LogP) is 1.97. The van der Waals surface area contributed by atoms with Crippen LogP contribution in [-0.4, -0.2) is 37.0 Å². The summed E-state index contributed by atoms with van der Waals surface area (Å²) in [6.45, 7) is 0. The van der Waals surface area contributed by atoms with Gasteiger partial charge in [-0.25, -0.2) is 8.42 Å². The molecule has 0 bridgehead atoms. The van der Waals surface area contributed by atoms with E-state index in [-0.39, 0.29) is 17.3 Å². The van der Waals surface area contributed by atoms with Crippen molar-refractivity contribution in [2.24, 2.45) is 5.92 Å². The molecule has 3 unspecified atom stereocenters. The molecule has 0 radical (unpaired) electrons. The number of alkyl halides is 1. The van der Waals surface area contributed by atoms with Crippen molar-refractivity contribution in [1.29, 1.82) is 0 Å². The number of halogens is 1. The van der Waals surface area contributed by atoms with Gasteiger partial charge < -0.3 is 5.11 Å². The first kappa shape index (κ1) is 14.3. The Morgan fingerprint density at radius 1 is 1.44 bits per heavy atom. The Morgan fingerprint density at radius 3 is 2.69 bits per heavy atom. The summed E-state index contributed by atoms with van der Waals surface area (Å²) in [6, 6.07) is 0. The molecule has 0 aromatic carbocycles. The highest BCUT2D eigenvalue weighted by Crippen LogP contribution is 2.31. The molecule has 1 saturated carbocycles. The van der Waals surface area contributed by atoms with E-state index >= 15 is 0 Å². The van der Waals surface area contributed by atoms with Crippen molar-refractivity contribution in [3.8, 4) is 0 Å². The minimum atomic E-state index is -2.95. The molecule has 1 N–H and O–H groups in total. The van der Waals surface area contributed by atoms with Crippen LogP contribution in [0.2, 0.25) is 0 Å². The van der Waals surface area contributed by atoms with Crippen LogP contribution in [-0.2, 0) is 9.84 Å². The quantitative estimate of drug-likeness (QED) is 0.776. The molecule has 0 aromatic rings. The number of aliphatic hydroxyl groups is 1. The van der Waals surface area contributed by atoms with E-state index in [4.69, 9.17) is 11.6 Å². The van der Waals surface area contributed by atoms with Gasteiger partial charge in [-0.05, 0) is 38.0 Å².